The minimum atomic E-state index is -1.14. The van der Waals surface area contributed by atoms with Gasteiger partial charge in [-0.3, -0.25) is 0 Å². The van der Waals surface area contributed by atoms with Gasteiger partial charge in [0.1, 0.15) is 0 Å². The molecular weight excluding hydrogens is 314 g/mol. The average Bonchev–Trinajstić information content (AvgIpc) is 2.94. The van der Waals surface area contributed by atoms with E-state index in [2.05, 4.69) is 4.99 Å². The fourth-order valence-electron chi connectivity index (χ4n) is 2.57. The molecule has 0 amide bonds. The Morgan fingerprint density at radius 1 is 0.957 bits per heavy atom. The SMILES string of the molecule is COc1cc(Cc2ccc3c(c2)S(=O)C=N3)cc(OC)c1OC. The van der Waals surface area contributed by atoms with Gasteiger partial charge < -0.3 is 14.2 Å². The van der Waals surface area contributed by atoms with E-state index in [-0.39, 0.29) is 0 Å². The number of hydrogen-bond donors (Lipinski definition) is 0. The van der Waals surface area contributed by atoms with Crippen molar-refractivity contribution >= 4 is 22.0 Å². The molecular formula is C17H17NO4S. The molecule has 1 aliphatic heterocycles. The topological polar surface area (TPSA) is 57.1 Å². The number of ether oxygens (including phenoxy) is 3. The van der Waals surface area contributed by atoms with Crippen molar-refractivity contribution in [2.45, 2.75) is 11.3 Å². The maximum atomic E-state index is 11.9. The summed E-state index contributed by atoms with van der Waals surface area (Å²) in [7, 11) is 3.62. The van der Waals surface area contributed by atoms with Gasteiger partial charge in [-0.05, 0) is 41.8 Å². The molecule has 0 bridgehead atoms. The molecule has 1 unspecified atom stereocenters. The molecule has 5 nitrogen and oxygen atoms in total. The van der Waals surface area contributed by atoms with E-state index in [9.17, 15) is 4.21 Å². The summed E-state index contributed by atoms with van der Waals surface area (Å²) in [5.74, 6) is 1.81. The highest BCUT2D eigenvalue weighted by molar-refractivity contribution is 7.99. The van der Waals surface area contributed by atoms with Crippen molar-refractivity contribution in [1.29, 1.82) is 0 Å². The molecule has 0 aromatic heterocycles. The highest BCUT2D eigenvalue weighted by atomic mass is 32.2. The molecule has 0 saturated carbocycles. The zero-order valence-electron chi connectivity index (χ0n) is 13.2. The van der Waals surface area contributed by atoms with Gasteiger partial charge in [0, 0.05) is 0 Å². The summed E-state index contributed by atoms with van der Waals surface area (Å²) < 4.78 is 27.9. The van der Waals surface area contributed by atoms with Gasteiger partial charge in [0.2, 0.25) is 5.75 Å². The van der Waals surface area contributed by atoms with Crippen LogP contribution in [0.15, 0.2) is 40.2 Å². The summed E-state index contributed by atoms with van der Waals surface area (Å²) >= 11 is 0. The molecule has 2 aromatic rings. The molecule has 6 heteroatoms. The van der Waals surface area contributed by atoms with Crippen LogP contribution < -0.4 is 14.2 Å². The monoisotopic (exact) mass is 331 g/mol. The maximum absolute atomic E-state index is 11.9. The fraction of sp³-hybridized carbons (Fsp3) is 0.235. The number of rotatable bonds is 5. The lowest BCUT2D eigenvalue weighted by molar-refractivity contribution is 0.324. The van der Waals surface area contributed by atoms with Crippen LogP contribution in [0.5, 0.6) is 17.2 Å². The first-order valence-corrected chi connectivity index (χ1v) is 8.24. The summed E-state index contributed by atoms with van der Waals surface area (Å²) in [5.41, 5.74) is 4.31. The minimum absolute atomic E-state index is 0.571. The van der Waals surface area contributed by atoms with Gasteiger partial charge in [0.25, 0.3) is 0 Å². The minimum Gasteiger partial charge on any atom is -0.493 e. The second-order valence-corrected chi connectivity index (χ2v) is 6.29. The highest BCUT2D eigenvalue weighted by Gasteiger charge is 2.16. The van der Waals surface area contributed by atoms with E-state index in [1.807, 2.05) is 30.3 Å². The second-order valence-electron chi connectivity index (χ2n) is 5.04. The molecule has 120 valence electrons. The van der Waals surface area contributed by atoms with Crippen molar-refractivity contribution in [2.75, 3.05) is 21.3 Å². The molecule has 1 heterocycles. The molecule has 2 aromatic carbocycles. The summed E-state index contributed by atoms with van der Waals surface area (Å²) in [6.07, 6.45) is 0.668. The van der Waals surface area contributed by atoms with Gasteiger partial charge in [0.05, 0.1) is 48.3 Å². The van der Waals surface area contributed by atoms with Crippen LogP contribution >= 0.6 is 0 Å². The lowest BCUT2D eigenvalue weighted by Gasteiger charge is -2.14. The summed E-state index contributed by atoms with van der Waals surface area (Å²) in [5, 5.41) is 0. The maximum Gasteiger partial charge on any atom is 0.203 e. The predicted molar refractivity (Wildman–Crippen MR) is 89.9 cm³/mol. The standard InChI is InChI=1S/C17H17NO4S/c1-20-14-7-12(8-15(21-2)17(14)22-3)6-11-4-5-13-16(9-11)23(19)10-18-13/h4-5,7-10H,6H2,1-3H3. The van der Waals surface area contributed by atoms with E-state index in [0.29, 0.717) is 23.7 Å². The zero-order valence-corrected chi connectivity index (χ0v) is 14.0. The molecule has 0 saturated heterocycles. The van der Waals surface area contributed by atoms with E-state index >= 15 is 0 Å². The van der Waals surface area contributed by atoms with Gasteiger partial charge >= 0.3 is 0 Å². The first-order valence-electron chi connectivity index (χ1n) is 7.03. The van der Waals surface area contributed by atoms with Crippen LogP contribution in [0.3, 0.4) is 0 Å². The number of fused-ring (bicyclic) bond motifs is 1. The smallest absolute Gasteiger partial charge is 0.203 e. The Labute approximate surface area is 137 Å². The van der Waals surface area contributed by atoms with Crippen LogP contribution in [0.2, 0.25) is 0 Å². The normalized spacial score (nSPS) is 15.3. The fourth-order valence-corrected chi connectivity index (χ4v) is 3.49. The third kappa shape index (κ3) is 2.94. The van der Waals surface area contributed by atoms with E-state index in [1.165, 1.54) is 5.55 Å². The van der Waals surface area contributed by atoms with E-state index in [1.54, 1.807) is 21.3 Å². The van der Waals surface area contributed by atoms with Crippen LogP contribution in [0.1, 0.15) is 11.1 Å². The molecule has 0 N–H and O–H groups in total. The second kappa shape index (κ2) is 6.42. The Bertz CT molecular complexity index is 776. The molecule has 0 radical (unpaired) electrons. The van der Waals surface area contributed by atoms with Gasteiger partial charge in [0.15, 0.2) is 11.5 Å². The van der Waals surface area contributed by atoms with Crippen molar-refractivity contribution in [2.24, 2.45) is 4.99 Å². The molecule has 0 aliphatic carbocycles. The lowest BCUT2D eigenvalue weighted by atomic mass is 10.0. The van der Waals surface area contributed by atoms with Crippen LogP contribution in [-0.4, -0.2) is 31.1 Å². The largest absolute Gasteiger partial charge is 0.493 e. The van der Waals surface area contributed by atoms with E-state index in [4.69, 9.17) is 14.2 Å². The van der Waals surface area contributed by atoms with Crippen LogP contribution in [0.25, 0.3) is 0 Å². The molecule has 3 rings (SSSR count). The Morgan fingerprint density at radius 3 is 2.26 bits per heavy atom. The van der Waals surface area contributed by atoms with Gasteiger partial charge in [-0.1, -0.05) is 6.07 Å². The quantitative estimate of drug-likeness (QED) is 0.845. The third-order valence-electron chi connectivity index (χ3n) is 3.66. The van der Waals surface area contributed by atoms with Gasteiger partial charge in [-0.25, -0.2) is 9.20 Å². The highest BCUT2D eigenvalue weighted by Crippen LogP contribution is 2.39. The van der Waals surface area contributed by atoms with Crippen LogP contribution in [0, 0.1) is 0 Å². The van der Waals surface area contributed by atoms with Crippen molar-refractivity contribution in [3.05, 3.63) is 41.5 Å². The number of nitrogens with zero attached hydrogens (tertiary/aromatic N) is 1. The first-order chi connectivity index (χ1) is 11.2. The van der Waals surface area contributed by atoms with E-state index < -0.39 is 10.8 Å². The Kier molecular flexibility index (Phi) is 4.34. The number of benzene rings is 2. The predicted octanol–water partition coefficient (Wildman–Crippen LogP) is 3.08. The molecule has 23 heavy (non-hydrogen) atoms. The Balaban J connectivity index is 1.94. The summed E-state index contributed by atoms with van der Waals surface area (Å²) in [6.45, 7) is 0. The Hall–Kier alpha value is -2.34. The number of methoxy groups -OCH3 is 3. The third-order valence-corrected chi connectivity index (χ3v) is 4.72. The average molecular weight is 331 g/mol. The molecule has 1 aliphatic rings. The summed E-state index contributed by atoms with van der Waals surface area (Å²) in [6, 6.07) is 9.65. The lowest BCUT2D eigenvalue weighted by Crippen LogP contribution is -1.98. The van der Waals surface area contributed by atoms with Crippen LogP contribution in [0.4, 0.5) is 5.69 Å². The Morgan fingerprint density at radius 2 is 1.65 bits per heavy atom. The van der Waals surface area contributed by atoms with Crippen molar-refractivity contribution < 1.29 is 18.4 Å². The van der Waals surface area contributed by atoms with Gasteiger partial charge in [-0.15, -0.1) is 0 Å². The number of hydrogen-bond acceptors (Lipinski definition) is 5. The van der Waals surface area contributed by atoms with Crippen molar-refractivity contribution in [1.82, 2.24) is 0 Å². The van der Waals surface area contributed by atoms with E-state index in [0.717, 1.165) is 21.7 Å². The first kappa shape index (κ1) is 15.6. The zero-order chi connectivity index (χ0) is 16.4. The van der Waals surface area contributed by atoms with Crippen molar-refractivity contribution in [3.63, 3.8) is 0 Å². The molecule has 0 fully saturated rings. The molecule has 1 atom stereocenters. The van der Waals surface area contributed by atoms with Crippen molar-refractivity contribution in [3.8, 4) is 17.2 Å². The van der Waals surface area contributed by atoms with Crippen LogP contribution in [-0.2, 0) is 17.2 Å². The van der Waals surface area contributed by atoms with Gasteiger partial charge in [-0.2, -0.15) is 0 Å². The molecule has 0 spiro atoms. The number of aliphatic imine (C=N–C) groups is 1. The summed E-state index contributed by atoms with van der Waals surface area (Å²) in [4.78, 5) is 4.88.